The fourth-order valence-corrected chi connectivity index (χ4v) is 1.68. The maximum Gasteiger partial charge on any atom is 0.160 e. The first-order valence-corrected chi connectivity index (χ1v) is 6.30. The van der Waals surface area contributed by atoms with E-state index in [-0.39, 0.29) is 24.0 Å². The summed E-state index contributed by atoms with van der Waals surface area (Å²) in [6, 6.07) is 10.1. The number of halogens is 1. The van der Waals surface area contributed by atoms with Crippen molar-refractivity contribution in [3.63, 3.8) is 0 Å². The number of rotatable bonds is 1. The Labute approximate surface area is 122 Å². The topological polar surface area (TPSA) is 54.0 Å². The summed E-state index contributed by atoms with van der Waals surface area (Å²) in [4.78, 5) is 4.24. The number of nitrogens with two attached hydrogens (primary N) is 1. The summed E-state index contributed by atoms with van der Waals surface area (Å²) in [5.41, 5.74) is 6.74. The molecule has 0 aromatic heterocycles. The minimum atomic E-state index is 0. The Kier molecular flexibility index (Phi) is 5.76. The second kappa shape index (κ2) is 6.85. The molecule has 1 aliphatic rings. The SMILES string of the molecule is CSC(N)=NC1=NN(c2ccccc2)CC1.I. The third kappa shape index (κ3) is 3.88. The van der Waals surface area contributed by atoms with Crippen molar-refractivity contribution in [1.82, 2.24) is 0 Å². The van der Waals surface area contributed by atoms with Crippen molar-refractivity contribution >= 4 is 52.4 Å². The second-order valence-corrected chi connectivity index (χ2v) is 4.21. The third-order valence-electron chi connectivity index (χ3n) is 2.29. The average molecular weight is 362 g/mol. The Hall–Kier alpha value is -0.760. The van der Waals surface area contributed by atoms with Crippen LogP contribution in [0.4, 0.5) is 5.69 Å². The highest BCUT2D eigenvalue weighted by Gasteiger charge is 2.15. The van der Waals surface area contributed by atoms with E-state index in [0.717, 1.165) is 24.5 Å². The van der Waals surface area contributed by atoms with Crippen LogP contribution in [0.2, 0.25) is 0 Å². The molecule has 4 nitrogen and oxygen atoms in total. The van der Waals surface area contributed by atoms with E-state index in [0.29, 0.717) is 5.17 Å². The Morgan fingerprint density at radius 1 is 1.41 bits per heavy atom. The van der Waals surface area contributed by atoms with E-state index in [1.54, 1.807) is 0 Å². The van der Waals surface area contributed by atoms with Crippen LogP contribution in [0.15, 0.2) is 40.4 Å². The zero-order chi connectivity index (χ0) is 11.4. The van der Waals surface area contributed by atoms with Gasteiger partial charge in [0.25, 0.3) is 0 Å². The monoisotopic (exact) mass is 362 g/mol. The summed E-state index contributed by atoms with van der Waals surface area (Å²) in [6.45, 7) is 0.866. The predicted octanol–water partition coefficient (Wildman–Crippen LogP) is 2.51. The van der Waals surface area contributed by atoms with Crippen LogP contribution in [0.5, 0.6) is 0 Å². The summed E-state index contributed by atoms with van der Waals surface area (Å²) < 4.78 is 0. The molecule has 0 spiro atoms. The normalized spacial score (nSPS) is 15.5. The number of hydrazone groups is 1. The van der Waals surface area contributed by atoms with Crippen LogP contribution in [0.3, 0.4) is 0 Å². The van der Waals surface area contributed by atoms with Crippen molar-refractivity contribution in [1.29, 1.82) is 0 Å². The number of hydrogen-bond donors (Lipinski definition) is 1. The van der Waals surface area contributed by atoms with Gasteiger partial charge in [0.15, 0.2) is 11.0 Å². The van der Waals surface area contributed by atoms with Crippen molar-refractivity contribution in [2.24, 2.45) is 15.8 Å². The van der Waals surface area contributed by atoms with Gasteiger partial charge < -0.3 is 5.73 Å². The van der Waals surface area contributed by atoms with Crippen molar-refractivity contribution in [2.45, 2.75) is 6.42 Å². The maximum absolute atomic E-state index is 5.65. The van der Waals surface area contributed by atoms with Crippen molar-refractivity contribution in [3.05, 3.63) is 30.3 Å². The minimum absolute atomic E-state index is 0. The number of thioether (sulfide) groups is 1. The van der Waals surface area contributed by atoms with E-state index >= 15 is 0 Å². The van der Waals surface area contributed by atoms with Crippen molar-refractivity contribution < 1.29 is 0 Å². The molecule has 0 atom stereocenters. The number of para-hydroxylation sites is 1. The molecule has 2 rings (SSSR count). The molecule has 0 saturated heterocycles. The average Bonchev–Trinajstić information content (AvgIpc) is 2.78. The van der Waals surface area contributed by atoms with E-state index in [1.165, 1.54) is 11.8 Å². The quantitative estimate of drug-likeness (QED) is 0.475. The maximum atomic E-state index is 5.65. The lowest BCUT2D eigenvalue weighted by Gasteiger charge is -2.12. The molecule has 2 N–H and O–H groups in total. The van der Waals surface area contributed by atoms with Gasteiger partial charge in [-0.25, -0.2) is 4.99 Å². The molecule has 17 heavy (non-hydrogen) atoms. The second-order valence-electron chi connectivity index (χ2n) is 3.38. The number of anilines is 1. The molecule has 1 heterocycles. The van der Waals surface area contributed by atoms with Gasteiger partial charge in [0.2, 0.25) is 0 Å². The van der Waals surface area contributed by atoms with Gasteiger partial charge in [0.1, 0.15) is 0 Å². The highest BCUT2D eigenvalue weighted by Crippen LogP contribution is 2.18. The van der Waals surface area contributed by atoms with E-state index in [2.05, 4.69) is 10.1 Å². The Balaban J connectivity index is 0.00000144. The van der Waals surface area contributed by atoms with Crippen LogP contribution < -0.4 is 10.7 Å². The zero-order valence-electron chi connectivity index (χ0n) is 9.54. The van der Waals surface area contributed by atoms with Gasteiger partial charge in [0, 0.05) is 13.0 Å². The molecule has 92 valence electrons. The molecule has 1 aliphatic heterocycles. The Morgan fingerprint density at radius 3 is 2.76 bits per heavy atom. The first-order chi connectivity index (χ1) is 7.79. The van der Waals surface area contributed by atoms with Crippen LogP contribution >= 0.6 is 35.7 Å². The largest absolute Gasteiger partial charge is 0.378 e. The van der Waals surface area contributed by atoms with Gasteiger partial charge >= 0.3 is 0 Å². The number of benzene rings is 1. The number of nitrogens with zero attached hydrogens (tertiary/aromatic N) is 3. The molecule has 0 aliphatic carbocycles. The van der Waals surface area contributed by atoms with Crippen LogP contribution in [0.1, 0.15) is 6.42 Å². The lowest BCUT2D eigenvalue weighted by Crippen LogP contribution is -2.11. The summed E-state index contributed by atoms with van der Waals surface area (Å²) in [7, 11) is 0. The highest BCUT2D eigenvalue weighted by atomic mass is 127. The van der Waals surface area contributed by atoms with E-state index in [1.807, 2.05) is 41.6 Å². The van der Waals surface area contributed by atoms with Gasteiger partial charge in [-0.3, -0.25) is 5.01 Å². The molecule has 0 saturated carbocycles. The Bertz CT molecular complexity index is 419. The van der Waals surface area contributed by atoms with Crippen LogP contribution in [0, 0.1) is 0 Å². The van der Waals surface area contributed by atoms with E-state index in [4.69, 9.17) is 5.73 Å². The fraction of sp³-hybridized carbons (Fsp3) is 0.273. The van der Waals surface area contributed by atoms with Crippen molar-refractivity contribution in [2.75, 3.05) is 17.8 Å². The molecule has 1 aromatic carbocycles. The molecule has 1 aromatic rings. The lowest BCUT2D eigenvalue weighted by atomic mass is 10.3. The zero-order valence-corrected chi connectivity index (χ0v) is 12.7. The van der Waals surface area contributed by atoms with Crippen LogP contribution in [-0.2, 0) is 0 Å². The molecule has 0 fully saturated rings. The number of amidine groups is 2. The summed E-state index contributed by atoms with van der Waals surface area (Å²) in [6.07, 6.45) is 2.75. The van der Waals surface area contributed by atoms with E-state index in [9.17, 15) is 0 Å². The molecule has 6 heteroatoms. The van der Waals surface area contributed by atoms with Gasteiger partial charge in [-0.15, -0.1) is 24.0 Å². The molecule has 0 amide bonds. The molecule has 0 radical (unpaired) electrons. The van der Waals surface area contributed by atoms with Crippen LogP contribution in [-0.4, -0.2) is 23.8 Å². The van der Waals surface area contributed by atoms with E-state index < -0.39 is 0 Å². The lowest BCUT2D eigenvalue weighted by molar-refractivity contribution is 0.922. The standard InChI is InChI=1S/C11H14N4S.HI/c1-16-11(12)13-10-7-8-15(14-10)9-5-3-2-4-6-9;/h2-6H,7-8H2,1H3,(H2,12,13,14);1H. The smallest absolute Gasteiger partial charge is 0.160 e. The summed E-state index contributed by atoms with van der Waals surface area (Å²) in [5.74, 6) is 0.802. The highest BCUT2D eigenvalue weighted by molar-refractivity contribution is 14.0. The number of hydrogen-bond acceptors (Lipinski definition) is 4. The predicted molar refractivity (Wildman–Crippen MR) is 86.4 cm³/mol. The minimum Gasteiger partial charge on any atom is -0.378 e. The summed E-state index contributed by atoms with van der Waals surface area (Å²) in [5, 5.41) is 6.93. The third-order valence-corrected chi connectivity index (χ3v) is 2.80. The first kappa shape index (κ1) is 14.3. The molecule has 0 unspecified atom stereocenters. The summed E-state index contributed by atoms with van der Waals surface area (Å²) >= 11 is 1.44. The number of aliphatic imine (C=N–C) groups is 1. The first-order valence-electron chi connectivity index (χ1n) is 5.08. The fourth-order valence-electron chi connectivity index (χ4n) is 1.48. The van der Waals surface area contributed by atoms with Gasteiger partial charge in [0.05, 0.1) is 5.69 Å². The van der Waals surface area contributed by atoms with Crippen LogP contribution in [0.25, 0.3) is 0 Å². The van der Waals surface area contributed by atoms with Gasteiger partial charge in [-0.05, 0) is 18.4 Å². The molecule has 0 bridgehead atoms. The Morgan fingerprint density at radius 2 is 2.12 bits per heavy atom. The van der Waals surface area contributed by atoms with Crippen molar-refractivity contribution in [3.8, 4) is 0 Å². The molecular weight excluding hydrogens is 347 g/mol. The van der Waals surface area contributed by atoms with Gasteiger partial charge in [-0.1, -0.05) is 30.0 Å². The van der Waals surface area contributed by atoms with Gasteiger partial charge in [-0.2, -0.15) is 5.10 Å². The molecular formula is C11H15IN4S.